The van der Waals surface area contributed by atoms with Crippen molar-refractivity contribution in [1.29, 1.82) is 0 Å². The minimum absolute atomic E-state index is 0.0636. The summed E-state index contributed by atoms with van der Waals surface area (Å²) >= 11 is 0. The number of hydrogen-bond donors (Lipinski definition) is 0. The third kappa shape index (κ3) is 47.7. The van der Waals surface area contributed by atoms with Crippen molar-refractivity contribution in [2.45, 2.75) is 310 Å². The van der Waals surface area contributed by atoms with Gasteiger partial charge >= 0.3 is 17.9 Å². The molecule has 0 aliphatic rings. The first-order valence-corrected chi connectivity index (χ1v) is 27.3. The molecule has 0 rings (SSSR count). The Morgan fingerprint density at radius 2 is 0.623 bits per heavy atom. The quantitative estimate of drug-likeness (QED) is 0.0344. The fourth-order valence-corrected chi connectivity index (χ4v) is 8.31. The van der Waals surface area contributed by atoms with E-state index in [2.05, 4.69) is 34.6 Å². The second kappa shape index (κ2) is 47.9. The van der Waals surface area contributed by atoms with E-state index < -0.39 is 6.10 Å². The van der Waals surface area contributed by atoms with Gasteiger partial charge in [0.25, 0.3) is 0 Å². The molecule has 1 unspecified atom stereocenters. The van der Waals surface area contributed by atoms with Crippen LogP contribution in [-0.2, 0) is 28.6 Å². The van der Waals surface area contributed by atoms with Crippen molar-refractivity contribution < 1.29 is 28.6 Å². The Hall–Kier alpha value is -1.59. The maximum absolute atomic E-state index is 12.8. The van der Waals surface area contributed by atoms with Crippen LogP contribution in [-0.4, -0.2) is 37.2 Å². The van der Waals surface area contributed by atoms with Crippen LogP contribution in [0, 0.1) is 11.8 Å². The molecule has 0 aromatic heterocycles. The van der Waals surface area contributed by atoms with Crippen LogP contribution in [0.3, 0.4) is 0 Å². The number of carbonyl (C=O) groups excluding carboxylic acids is 3. The molecule has 0 amide bonds. The van der Waals surface area contributed by atoms with Crippen molar-refractivity contribution in [2.24, 2.45) is 11.8 Å². The van der Waals surface area contributed by atoms with Crippen molar-refractivity contribution in [2.75, 3.05) is 13.2 Å². The number of rotatable bonds is 49. The van der Waals surface area contributed by atoms with Gasteiger partial charge in [-0.2, -0.15) is 0 Å². The van der Waals surface area contributed by atoms with E-state index in [-0.39, 0.29) is 31.1 Å². The van der Waals surface area contributed by atoms with Crippen LogP contribution in [0.4, 0.5) is 0 Å². The molecular formula is C55H106O6. The van der Waals surface area contributed by atoms with Crippen LogP contribution in [0.25, 0.3) is 0 Å². The largest absolute Gasteiger partial charge is 0.462 e. The molecule has 0 aliphatic carbocycles. The van der Waals surface area contributed by atoms with Gasteiger partial charge in [-0.3, -0.25) is 14.4 Å². The zero-order valence-electron chi connectivity index (χ0n) is 41.8. The summed E-state index contributed by atoms with van der Waals surface area (Å²) in [7, 11) is 0. The van der Waals surface area contributed by atoms with Crippen LogP contribution in [0.1, 0.15) is 304 Å². The van der Waals surface area contributed by atoms with Crippen molar-refractivity contribution >= 4 is 17.9 Å². The predicted octanol–water partition coefficient (Wildman–Crippen LogP) is 17.7. The first-order valence-electron chi connectivity index (χ1n) is 27.3. The zero-order chi connectivity index (χ0) is 44.7. The molecule has 0 aromatic rings. The maximum atomic E-state index is 12.8. The van der Waals surface area contributed by atoms with Gasteiger partial charge in [-0.15, -0.1) is 0 Å². The molecule has 0 bridgehead atoms. The average molecular weight is 863 g/mol. The van der Waals surface area contributed by atoms with E-state index >= 15 is 0 Å². The third-order valence-electron chi connectivity index (χ3n) is 12.8. The minimum Gasteiger partial charge on any atom is -0.462 e. The van der Waals surface area contributed by atoms with Crippen molar-refractivity contribution in [3.8, 4) is 0 Å². The van der Waals surface area contributed by atoms with Gasteiger partial charge in [0.15, 0.2) is 6.10 Å². The Balaban J connectivity index is 4.30. The Kier molecular flexibility index (Phi) is 46.6. The van der Waals surface area contributed by atoms with Gasteiger partial charge in [0, 0.05) is 19.3 Å². The summed E-state index contributed by atoms with van der Waals surface area (Å²) in [5.41, 5.74) is 0. The van der Waals surface area contributed by atoms with Crippen LogP contribution >= 0.6 is 0 Å². The number of carbonyl (C=O) groups is 3. The molecule has 6 nitrogen and oxygen atoms in total. The van der Waals surface area contributed by atoms with Crippen molar-refractivity contribution in [3.05, 3.63) is 0 Å². The molecule has 6 heteroatoms. The number of ether oxygens (including phenoxy) is 3. The topological polar surface area (TPSA) is 78.9 Å². The molecule has 61 heavy (non-hydrogen) atoms. The summed E-state index contributed by atoms with van der Waals surface area (Å²) in [6.07, 6.45) is 49.4. The van der Waals surface area contributed by atoms with Gasteiger partial charge in [0.1, 0.15) is 13.2 Å². The normalized spacial score (nSPS) is 12.5. The molecule has 0 aliphatic heterocycles. The van der Waals surface area contributed by atoms with E-state index in [0.29, 0.717) is 19.3 Å². The first kappa shape index (κ1) is 59.4. The molecule has 0 fully saturated rings. The van der Waals surface area contributed by atoms with E-state index in [1.165, 1.54) is 193 Å². The second-order valence-corrected chi connectivity index (χ2v) is 19.6. The van der Waals surface area contributed by atoms with Gasteiger partial charge in [0.2, 0.25) is 0 Å². The molecule has 0 saturated heterocycles. The lowest BCUT2D eigenvalue weighted by Gasteiger charge is -2.18. The molecule has 0 heterocycles. The number of unbranched alkanes of at least 4 members (excludes halogenated alkanes) is 33. The summed E-state index contributed by atoms with van der Waals surface area (Å²) in [5.74, 6) is 0.833. The number of hydrogen-bond acceptors (Lipinski definition) is 6. The molecule has 362 valence electrons. The highest BCUT2D eigenvalue weighted by Crippen LogP contribution is 2.18. The highest BCUT2D eigenvalue weighted by molar-refractivity contribution is 5.71. The summed E-state index contributed by atoms with van der Waals surface area (Å²) in [4.78, 5) is 38.0. The summed E-state index contributed by atoms with van der Waals surface area (Å²) in [5, 5.41) is 0. The van der Waals surface area contributed by atoms with Crippen molar-refractivity contribution in [3.63, 3.8) is 0 Å². The highest BCUT2D eigenvalue weighted by atomic mass is 16.6. The summed E-state index contributed by atoms with van der Waals surface area (Å²) in [6, 6.07) is 0. The van der Waals surface area contributed by atoms with Gasteiger partial charge in [-0.05, 0) is 31.1 Å². The zero-order valence-corrected chi connectivity index (χ0v) is 41.8. The van der Waals surface area contributed by atoms with Gasteiger partial charge in [-0.25, -0.2) is 0 Å². The van der Waals surface area contributed by atoms with Crippen LogP contribution in [0.15, 0.2) is 0 Å². The molecular weight excluding hydrogens is 757 g/mol. The smallest absolute Gasteiger partial charge is 0.306 e. The molecule has 0 aromatic carbocycles. The SMILES string of the molecule is CCCCCCCCCCCCCCCCCCC(=O)OC[C@H](COC(=O)CCCCCCCCCCCCCCC(C)C)OC(=O)CCCCCCCCCCC(C)CC. The average Bonchev–Trinajstić information content (AvgIpc) is 3.24. The van der Waals surface area contributed by atoms with E-state index in [4.69, 9.17) is 14.2 Å². The maximum Gasteiger partial charge on any atom is 0.306 e. The molecule has 0 N–H and O–H groups in total. The number of esters is 3. The lowest BCUT2D eigenvalue weighted by atomic mass is 9.99. The van der Waals surface area contributed by atoms with E-state index in [0.717, 1.165) is 69.6 Å². The highest BCUT2D eigenvalue weighted by Gasteiger charge is 2.19. The Morgan fingerprint density at radius 1 is 0.344 bits per heavy atom. The van der Waals surface area contributed by atoms with Gasteiger partial charge < -0.3 is 14.2 Å². The minimum atomic E-state index is -0.762. The standard InChI is InChI=1S/C55H106O6/c1-6-8-9-10-11-12-13-14-15-16-17-21-24-30-35-40-45-53(56)59-48-52(61-55(58)47-42-37-32-27-26-29-34-39-44-51(5)7-2)49-60-54(57)46-41-36-31-25-22-19-18-20-23-28-33-38-43-50(3)4/h50-52H,6-49H2,1-5H3/t51?,52-/m1/s1. The van der Waals surface area contributed by atoms with Crippen LogP contribution in [0.2, 0.25) is 0 Å². The lowest BCUT2D eigenvalue weighted by molar-refractivity contribution is -0.167. The molecule has 0 radical (unpaired) electrons. The van der Waals surface area contributed by atoms with E-state index in [1.807, 2.05) is 0 Å². The Labute approximate surface area is 380 Å². The van der Waals surface area contributed by atoms with Crippen LogP contribution < -0.4 is 0 Å². The van der Waals surface area contributed by atoms with Gasteiger partial charge in [0.05, 0.1) is 0 Å². The van der Waals surface area contributed by atoms with Crippen LogP contribution in [0.5, 0.6) is 0 Å². The first-order chi connectivity index (χ1) is 29.8. The van der Waals surface area contributed by atoms with E-state index in [9.17, 15) is 14.4 Å². The predicted molar refractivity (Wildman–Crippen MR) is 261 cm³/mol. The summed E-state index contributed by atoms with van der Waals surface area (Å²) < 4.78 is 16.8. The fraction of sp³-hybridized carbons (Fsp3) is 0.945. The summed E-state index contributed by atoms with van der Waals surface area (Å²) in [6.45, 7) is 11.4. The Morgan fingerprint density at radius 3 is 0.934 bits per heavy atom. The van der Waals surface area contributed by atoms with Crippen molar-refractivity contribution in [1.82, 2.24) is 0 Å². The molecule has 0 saturated carbocycles. The second-order valence-electron chi connectivity index (χ2n) is 19.6. The fourth-order valence-electron chi connectivity index (χ4n) is 8.31. The Bertz CT molecular complexity index is 933. The molecule has 0 spiro atoms. The lowest BCUT2D eigenvalue weighted by Crippen LogP contribution is -2.30. The molecule has 2 atom stereocenters. The van der Waals surface area contributed by atoms with E-state index in [1.54, 1.807) is 0 Å². The monoisotopic (exact) mass is 863 g/mol. The third-order valence-corrected chi connectivity index (χ3v) is 12.8. The van der Waals surface area contributed by atoms with Gasteiger partial charge in [-0.1, -0.05) is 266 Å².